The van der Waals surface area contributed by atoms with Crippen molar-refractivity contribution in [1.29, 1.82) is 0 Å². The molecule has 0 radical (unpaired) electrons. The van der Waals surface area contributed by atoms with Crippen LogP contribution in [0.4, 0.5) is 5.82 Å². The summed E-state index contributed by atoms with van der Waals surface area (Å²) in [6.07, 6.45) is 11.2. The minimum atomic E-state index is -0.563. The van der Waals surface area contributed by atoms with E-state index in [1.807, 2.05) is 19.9 Å². The largest absolute Gasteiger partial charge is 0.384 e. The Bertz CT molecular complexity index is 972. The van der Waals surface area contributed by atoms with Crippen LogP contribution in [0.3, 0.4) is 0 Å². The molecule has 2 aliphatic rings. The molecular formula is C25H35N5O2S. The maximum Gasteiger partial charge on any atom is 0.263 e. The topological polar surface area (TPSA) is 110 Å². The number of rotatable bonds is 7. The molecule has 0 bridgehead atoms. The second-order valence-electron chi connectivity index (χ2n) is 9.62. The lowest BCUT2D eigenvalue weighted by Crippen LogP contribution is -2.48. The summed E-state index contributed by atoms with van der Waals surface area (Å²) < 4.78 is 0. The maximum atomic E-state index is 13.3. The molecule has 0 spiro atoms. The Morgan fingerprint density at radius 2 is 1.94 bits per heavy atom. The molecule has 0 saturated heterocycles. The van der Waals surface area contributed by atoms with E-state index in [9.17, 15) is 9.59 Å². The van der Waals surface area contributed by atoms with Crippen LogP contribution in [0.2, 0.25) is 0 Å². The molecule has 2 aromatic rings. The number of hydrogen-bond acceptors (Lipinski definition) is 6. The van der Waals surface area contributed by atoms with E-state index >= 15 is 0 Å². The molecule has 4 atom stereocenters. The van der Waals surface area contributed by atoms with E-state index in [0.29, 0.717) is 41.2 Å². The van der Waals surface area contributed by atoms with Crippen molar-refractivity contribution in [3.05, 3.63) is 39.5 Å². The Morgan fingerprint density at radius 3 is 2.67 bits per heavy atom. The molecule has 0 aliphatic heterocycles. The summed E-state index contributed by atoms with van der Waals surface area (Å²) in [4.78, 5) is 35.4. The normalized spacial score (nSPS) is 23.4. The lowest BCUT2D eigenvalue weighted by Gasteiger charge is -2.42. The summed E-state index contributed by atoms with van der Waals surface area (Å²) in [5.74, 6) is 2.03. The fraction of sp³-hybridized carbons (Fsp3) is 0.600. The number of carbonyl (C=O) groups is 2. The number of nitrogens with two attached hydrogens (primary N) is 1. The fourth-order valence-electron chi connectivity index (χ4n) is 5.72. The molecule has 3 unspecified atom stereocenters. The van der Waals surface area contributed by atoms with E-state index < -0.39 is 6.04 Å². The third-order valence-electron chi connectivity index (χ3n) is 7.31. The first-order chi connectivity index (χ1) is 15.9. The van der Waals surface area contributed by atoms with Crippen LogP contribution in [0, 0.1) is 31.6 Å². The van der Waals surface area contributed by atoms with E-state index in [2.05, 4.69) is 20.6 Å². The SMILES string of the molecule is Cc1nc(C)c(C(=O)NC(CC2CCCC3CCCC[C@@H]32)C(=O)NCc2ccc(N)nc2)s1. The van der Waals surface area contributed by atoms with Gasteiger partial charge in [0.1, 0.15) is 16.7 Å². The zero-order valence-corrected chi connectivity index (χ0v) is 20.4. The Hall–Kier alpha value is -2.48. The summed E-state index contributed by atoms with van der Waals surface area (Å²) in [6, 6.07) is 3.01. The van der Waals surface area contributed by atoms with Crippen molar-refractivity contribution >= 4 is 29.0 Å². The number of hydrogen-bond donors (Lipinski definition) is 3. The minimum Gasteiger partial charge on any atom is -0.384 e. The summed E-state index contributed by atoms with van der Waals surface area (Å²) in [5, 5.41) is 6.92. The van der Waals surface area contributed by atoms with Crippen molar-refractivity contribution in [1.82, 2.24) is 20.6 Å². The van der Waals surface area contributed by atoms with Gasteiger partial charge in [0.05, 0.1) is 10.7 Å². The van der Waals surface area contributed by atoms with Crippen molar-refractivity contribution < 1.29 is 9.59 Å². The number of anilines is 1. The first kappa shape index (κ1) is 23.7. The van der Waals surface area contributed by atoms with Gasteiger partial charge in [0, 0.05) is 12.7 Å². The average Bonchev–Trinajstić information content (AvgIpc) is 3.16. The molecule has 178 valence electrons. The minimum absolute atomic E-state index is 0.142. The number of pyridine rings is 1. The van der Waals surface area contributed by atoms with Crippen LogP contribution in [-0.2, 0) is 11.3 Å². The van der Waals surface area contributed by atoms with Gasteiger partial charge in [0.25, 0.3) is 5.91 Å². The average molecular weight is 470 g/mol. The number of fused-ring (bicyclic) bond motifs is 1. The summed E-state index contributed by atoms with van der Waals surface area (Å²) in [5.41, 5.74) is 7.25. The van der Waals surface area contributed by atoms with Gasteiger partial charge in [-0.05, 0) is 56.1 Å². The van der Waals surface area contributed by atoms with E-state index in [4.69, 9.17) is 5.73 Å². The standard InChI is InChI=1S/C25H35N5O2S/c1-15-23(33-16(2)29-15)25(32)30-21(24(31)28-14-17-10-11-22(26)27-13-17)12-19-8-5-7-18-6-3-4-9-20(18)19/h10-11,13,18-21H,3-9,12,14H2,1-2H3,(H2,26,27)(H,28,31)(H,30,32)/t18?,19?,20-,21?/m0/s1. The summed E-state index contributed by atoms with van der Waals surface area (Å²) >= 11 is 1.38. The fourth-order valence-corrected chi connectivity index (χ4v) is 6.54. The first-order valence-corrected chi connectivity index (χ1v) is 13.0. The molecule has 2 aliphatic carbocycles. The predicted molar refractivity (Wildman–Crippen MR) is 131 cm³/mol. The van der Waals surface area contributed by atoms with Gasteiger partial charge < -0.3 is 16.4 Å². The smallest absolute Gasteiger partial charge is 0.263 e. The number of nitrogen functional groups attached to an aromatic ring is 1. The highest BCUT2D eigenvalue weighted by Crippen LogP contribution is 2.45. The maximum absolute atomic E-state index is 13.3. The van der Waals surface area contributed by atoms with Crippen LogP contribution in [0.15, 0.2) is 18.3 Å². The lowest BCUT2D eigenvalue weighted by atomic mass is 9.64. The van der Waals surface area contributed by atoms with Gasteiger partial charge in [-0.25, -0.2) is 9.97 Å². The van der Waals surface area contributed by atoms with E-state index in [0.717, 1.165) is 22.9 Å². The number of nitrogens with zero attached hydrogens (tertiary/aromatic N) is 2. The quantitative estimate of drug-likeness (QED) is 0.564. The van der Waals surface area contributed by atoms with Gasteiger partial charge in [-0.2, -0.15) is 0 Å². The molecule has 4 rings (SSSR count). The molecule has 7 nitrogen and oxygen atoms in total. The van der Waals surface area contributed by atoms with Crippen LogP contribution in [0.5, 0.6) is 0 Å². The highest BCUT2D eigenvalue weighted by atomic mass is 32.1. The molecule has 2 heterocycles. The zero-order valence-electron chi connectivity index (χ0n) is 19.6. The highest BCUT2D eigenvalue weighted by Gasteiger charge is 2.37. The van der Waals surface area contributed by atoms with Crippen molar-refractivity contribution in [3.63, 3.8) is 0 Å². The third kappa shape index (κ3) is 5.91. The van der Waals surface area contributed by atoms with Crippen molar-refractivity contribution in [3.8, 4) is 0 Å². The van der Waals surface area contributed by atoms with Crippen molar-refractivity contribution in [2.24, 2.45) is 17.8 Å². The van der Waals surface area contributed by atoms with Gasteiger partial charge in [-0.3, -0.25) is 9.59 Å². The van der Waals surface area contributed by atoms with Gasteiger partial charge in [0.2, 0.25) is 5.91 Å². The lowest BCUT2D eigenvalue weighted by molar-refractivity contribution is -0.123. The first-order valence-electron chi connectivity index (χ1n) is 12.1. The summed E-state index contributed by atoms with van der Waals surface area (Å²) in [7, 11) is 0. The third-order valence-corrected chi connectivity index (χ3v) is 8.38. The molecule has 0 aromatic carbocycles. The summed E-state index contributed by atoms with van der Waals surface area (Å²) in [6.45, 7) is 4.09. The number of aryl methyl sites for hydroxylation is 2. The van der Waals surface area contributed by atoms with Crippen molar-refractivity contribution in [2.45, 2.75) is 77.8 Å². The zero-order chi connectivity index (χ0) is 23.4. The molecule has 2 saturated carbocycles. The van der Waals surface area contributed by atoms with Crippen LogP contribution >= 0.6 is 11.3 Å². The molecule has 33 heavy (non-hydrogen) atoms. The second kappa shape index (κ2) is 10.6. The Morgan fingerprint density at radius 1 is 1.15 bits per heavy atom. The monoisotopic (exact) mass is 469 g/mol. The van der Waals surface area contributed by atoms with E-state index in [1.165, 1.54) is 49.9 Å². The second-order valence-corrected chi connectivity index (χ2v) is 10.8. The number of amides is 2. The molecule has 8 heteroatoms. The Kier molecular flexibility index (Phi) is 7.63. The molecule has 2 amide bonds. The van der Waals surface area contributed by atoms with E-state index in [-0.39, 0.29) is 11.8 Å². The van der Waals surface area contributed by atoms with Gasteiger partial charge in [-0.1, -0.05) is 44.6 Å². The molecule has 2 aromatic heterocycles. The number of nitrogens with one attached hydrogen (secondary N) is 2. The predicted octanol–water partition coefficient (Wildman–Crippen LogP) is 4.15. The van der Waals surface area contributed by atoms with Crippen LogP contribution in [-0.4, -0.2) is 27.8 Å². The highest BCUT2D eigenvalue weighted by molar-refractivity contribution is 7.13. The van der Waals surface area contributed by atoms with Gasteiger partial charge in [0.15, 0.2) is 0 Å². The number of carbonyl (C=O) groups excluding carboxylic acids is 2. The number of aromatic nitrogens is 2. The Labute approximate surface area is 200 Å². The molecular weight excluding hydrogens is 434 g/mol. The molecule has 2 fully saturated rings. The van der Waals surface area contributed by atoms with E-state index in [1.54, 1.807) is 12.3 Å². The van der Waals surface area contributed by atoms with Gasteiger partial charge >= 0.3 is 0 Å². The Balaban J connectivity index is 1.47. The van der Waals surface area contributed by atoms with Crippen molar-refractivity contribution in [2.75, 3.05) is 5.73 Å². The van der Waals surface area contributed by atoms with Crippen LogP contribution < -0.4 is 16.4 Å². The molecule has 4 N–H and O–H groups in total. The van der Waals surface area contributed by atoms with Crippen LogP contribution in [0.25, 0.3) is 0 Å². The number of thiazole rings is 1. The van der Waals surface area contributed by atoms with Gasteiger partial charge in [-0.15, -0.1) is 11.3 Å². The van der Waals surface area contributed by atoms with Crippen LogP contribution in [0.1, 0.15) is 77.3 Å².